The number of hydrogen-bond donors (Lipinski definition) is 1. The van der Waals surface area contributed by atoms with Gasteiger partial charge in [-0.15, -0.1) is 0 Å². The van der Waals surface area contributed by atoms with E-state index in [2.05, 4.69) is 9.97 Å². The van der Waals surface area contributed by atoms with Crippen molar-refractivity contribution in [3.8, 4) is 0 Å². The molecule has 0 bridgehead atoms. The Balaban J connectivity index is 2.12. The molecule has 2 heterocycles. The lowest BCUT2D eigenvalue weighted by Crippen LogP contribution is -2.03. The molecule has 2 aromatic rings. The number of thioether (sulfide) groups is 1. The van der Waals surface area contributed by atoms with Gasteiger partial charge in [0, 0.05) is 12.4 Å². The first-order valence-corrected chi connectivity index (χ1v) is 5.45. The molecule has 0 spiro atoms. The highest BCUT2D eigenvalue weighted by atomic mass is 32.2. The van der Waals surface area contributed by atoms with E-state index in [-0.39, 0.29) is 5.69 Å². The minimum Gasteiger partial charge on any atom is -0.476 e. The van der Waals surface area contributed by atoms with Crippen LogP contribution in [0.5, 0.6) is 0 Å². The summed E-state index contributed by atoms with van der Waals surface area (Å²) in [4.78, 5) is 18.6. The Morgan fingerprint density at radius 3 is 2.94 bits per heavy atom. The van der Waals surface area contributed by atoms with E-state index in [1.54, 1.807) is 12.3 Å². The lowest BCUT2D eigenvalue weighted by atomic mass is 10.5. The molecule has 5 nitrogen and oxygen atoms in total. The molecule has 0 saturated heterocycles. The largest absolute Gasteiger partial charge is 0.476 e. The lowest BCUT2D eigenvalue weighted by molar-refractivity contribution is 0.0685. The predicted molar refractivity (Wildman–Crippen MR) is 57.3 cm³/mol. The third-order valence-corrected chi connectivity index (χ3v) is 2.80. The van der Waals surface area contributed by atoms with Crippen molar-refractivity contribution >= 4 is 17.7 Å². The molecular formula is C10H8N2O3S. The Morgan fingerprint density at radius 2 is 2.25 bits per heavy atom. The lowest BCUT2D eigenvalue weighted by Gasteiger charge is -2.01. The van der Waals surface area contributed by atoms with Gasteiger partial charge in [0.15, 0.2) is 5.69 Å². The van der Waals surface area contributed by atoms with Crippen molar-refractivity contribution in [2.45, 2.75) is 10.8 Å². The second-order valence-corrected chi connectivity index (χ2v) is 3.85. The van der Waals surface area contributed by atoms with Gasteiger partial charge in [-0.2, -0.15) is 0 Å². The number of aromatic carboxylic acids is 1. The van der Waals surface area contributed by atoms with E-state index >= 15 is 0 Å². The smallest absolute Gasteiger partial charge is 0.357 e. The van der Waals surface area contributed by atoms with E-state index in [9.17, 15) is 4.79 Å². The molecule has 6 heteroatoms. The molecule has 0 aliphatic heterocycles. The van der Waals surface area contributed by atoms with Crippen molar-refractivity contribution in [3.63, 3.8) is 0 Å². The van der Waals surface area contributed by atoms with Crippen LogP contribution in [0, 0.1) is 0 Å². The van der Waals surface area contributed by atoms with Crippen molar-refractivity contribution in [3.05, 3.63) is 42.2 Å². The summed E-state index contributed by atoms with van der Waals surface area (Å²) in [7, 11) is 0. The van der Waals surface area contributed by atoms with E-state index in [0.29, 0.717) is 10.8 Å². The zero-order chi connectivity index (χ0) is 11.4. The molecule has 82 valence electrons. The van der Waals surface area contributed by atoms with Crippen LogP contribution in [0.4, 0.5) is 0 Å². The molecule has 16 heavy (non-hydrogen) atoms. The van der Waals surface area contributed by atoms with Gasteiger partial charge in [-0.25, -0.2) is 14.8 Å². The standard InChI is InChI=1S/C10H8N2O3S/c13-10(14)8-9(12-4-3-11-8)16-6-7-2-1-5-15-7/h1-5H,6H2,(H,13,14). The predicted octanol–water partition coefficient (Wildman–Crippen LogP) is 2.06. The van der Waals surface area contributed by atoms with Gasteiger partial charge >= 0.3 is 5.97 Å². The Morgan fingerprint density at radius 1 is 1.44 bits per heavy atom. The molecule has 0 fully saturated rings. The third kappa shape index (κ3) is 2.40. The van der Waals surface area contributed by atoms with Crippen LogP contribution in [0.1, 0.15) is 16.2 Å². The summed E-state index contributed by atoms with van der Waals surface area (Å²) in [6.45, 7) is 0. The van der Waals surface area contributed by atoms with Crippen molar-refractivity contribution in [1.29, 1.82) is 0 Å². The quantitative estimate of drug-likeness (QED) is 0.819. The molecule has 0 aliphatic rings. The van der Waals surface area contributed by atoms with Gasteiger partial charge in [0.25, 0.3) is 0 Å². The molecule has 0 atom stereocenters. The first kappa shape index (κ1) is 10.7. The molecule has 0 aromatic carbocycles. The SMILES string of the molecule is O=C(O)c1nccnc1SCc1ccco1. The summed E-state index contributed by atoms with van der Waals surface area (Å²) >= 11 is 1.28. The Bertz CT molecular complexity index is 485. The molecule has 0 saturated carbocycles. The molecule has 2 rings (SSSR count). The van der Waals surface area contributed by atoms with Crippen molar-refractivity contribution in [2.75, 3.05) is 0 Å². The fourth-order valence-corrected chi connectivity index (χ4v) is 1.97. The number of aromatic nitrogens is 2. The van der Waals surface area contributed by atoms with Gasteiger partial charge in [-0.3, -0.25) is 0 Å². The van der Waals surface area contributed by atoms with Crippen LogP contribution >= 0.6 is 11.8 Å². The van der Waals surface area contributed by atoms with Gasteiger partial charge in [0.2, 0.25) is 0 Å². The fourth-order valence-electron chi connectivity index (χ4n) is 1.11. The molecule has 0 amide bonds. The maximum absolute atomic E-state index is 10.8. The first-order valence-electron chi connectivity index (χ1n) is 4.47. The summed E-state index contributed by atoms with van der Waals surface area (Å²) in [5.41, 5.74) is -0.0287. The fraction of sp³-hybridized carbons (Fsp3) is 0.100. The maximum atomic E-state index is 10.8. The first-order chi connectivity index (χ1) is 7.77. The van der Waals surface area contributed by atoms with Crippen LogP contribution in [0.15, 0.2) is 40.2 Å². The Labute approximate surface area is 95.5 Å². The van der Waals surface area contributed by atoms with Gasteiger partial charge in [0.05, 0.1) is 12.0 Å². The van der Waals surface area contributed by atoms with E-state index in [4.69, 9.17) is 9.52 Å². The van der Waals surface area contributed by atoms with E-state index < -0.39 is 5.97 Å². The van der Waals surface area contributed by atoms with Crippen LogP contribution in [-0.2, 0) is 5.75 Å². The highest BCUT2D eigenvalue weighted by Crippen LogP contribution is 2.22. The van der Waals surface area contributed by atoms with E-state index in [0.717, 1.165) is 5.76 Å². The number of rotatable bonds is 4. The number of nitrogens with zero attached hydrogens (tertiary/aromatic N) is 2. The number of carbonyl (C=O) groups is 1. The Hall–Kier alpha value is -1.82. The van der Waals surface area contributed by atoms with Gasteiger partial charge in [-0.1, -0.05) is 11.8 Å². The van der Waals surface area contributed by atoms with Crippen molar-refractivity contribution in [1.82, 2.24) is 9.97 Å². The highest BCUT2D eigenvalue weighted by molar-refractivity contribution is 7.98. The van der Waals surface area contributed by atoms with Crippen LogP contribution in [0.2, 0.25) is 0 Å². The summed E-state index contributed by atoms with van der Waals surface area (Å²) < 4.78 is 5.14. The second kappa shape index (κ2) is 4.80. The average molecular weight is 236 g/mol. The molecule has 0 aliphatic carbocycles. The molecule has 2 aromatic heterocycles. The van der Waals surface area contributed by atoms with Gasteiger partial charge in [-0.05, 0) is 12.1 Å². The minimum absolute atomic E-state index is 0.0287. The van der Waals surface area contributed by atoms with Crippen LogP contribution in [-0.4, -0.2) is 21.0 Å². The monoisotopic (exact) mass is 236 g/mol. The van der Waals surface area contributed by atoms with E-state index in [1.165, 1.54) is 24.2 Å². The maximum Gasteiger partial charge on any atom is 0.357 e. The number of furan rings is 1. The van der Waals surface area contributed by atoms with Gasteiger partial charge in [0.1, 0.15) is 10.8 Å². The van der Waals surface area contributed by atoms with Crippen LogP contribution < -0.4 is 0 Å². The molecule has 1 N–H and O–H groups in total. The summed E-state index contributed by atoms with van der Waals surface area (Å²) in [6.07, 6.45) is 4.40. The molecular weight excluding hydrogens is 228 g/mol. The zero-order valence-electron chi connectivity index (χ0n) is 8.16. The number of hydrogen-bond acceptors (Lipinski definition) is 5. The van der Waals surface area contributed by atoms with Crippen molar-refractivity contribution in [2.24, 2.45) is 0 Å². The number of carboxylic acids is 1. The normalized spacial score (nSPS) is 10.2. The van der Waals surface area contributed by atoms with Crippen molar-refractivity contribution < 1.29 is 14.3 Å². The number of carboxylic acid groups (broad SMARTS) is 1. The van der Waals surface area contributed by atoms with Crippen LogP contribution in [0.3, 0.4) is 0 Å². The third-order valence-electron chi connectivity index (χ3n) is 1.80. The highest BCUT2D eigenvalue weighted by Gasteiger charge is 2.13. The summed E-state index contributed by atoms with van der Waals surface area (Å²) in [5.74, 6) is 0.230. The molecule has 0 unspecified atom stereocenters. The topological polar surface area (TPSA) is 76.2 Å². The van der Waals surface area contributed by atoms with E-state index in [1.807, 2.05) is 6.07 Å². The zero-order valence-corrected chi connectivity index (χ0v) is 8.98. The second-order valence-electron chi connectivity index (χ2n) is 2.88. The summed E-state index contributed by atoms with van der Waals surface area (Å²) in [6, 6.07) is 3.61. The van der Waals surface area contributed by atoms with Gasteiger partial charge < -0.3 is 9.52 Å². The minimum atomic E-state index is -1.07. The van der Waals surface area contributed by atoms with Crippen LogP contribution in [0.25, 0.3) is 0 Å². The molecule has 0 radical (unpaired) electrons. The average Bonchev–Trinajstić information content (AvgIpc) is 2.79. The summed E-state index contributed by atoms with van der Waals surface area (Å²) in [5, 5.41) is 9.28. The Kier molecular flexibility index (Phi) is 3.21.